The molecule has 1 saturated carbocycles. The van der Waals surface area contributed by atoms with E-state index in [0.29, 0.717) is 17.3 Å². The molecule has 1 aliphatic carbocycles. The molecule has 58 valence electrons. The van der Waals surface area contributed by atoms with Crippen molar-refractivity contribution < 1.29 is 4.39 Å². The summed E-state index contributed by atoms with van der Waals surface area (Å²) in [6, 6.07) is 0. The second-order valence-corrected chi connectivity index (χ2v) is 3.27. The van der Waals surface area contributed by atoms with Crippen LogP contribution in [0.5, 0.6) is 0 Å². The zero-order chi connectivity index (χ0) is 7.40. The SMILES string of the molecule is F/C=C(\Cl)C1CCCCC1. The first-order valence-corrected chi connectivity index (χ1v) is 4.18. The van der Waals surface area contributed by atoms with Gasteiger partial charge in [0.25, 0.3) is 0 Å². The van der Waals surface area contributed by atoms with Crippen molar-refractivity contribution >= 4 is 11.6 Å². The molecule has 0 heterocycles. The van der Waals surface area contributed by atoms with E-state index in [1.165, 1.54) is 19.3 Å². The van der Waals surface area contributed by atoms with Crippen molar-refractivity contribution in [2.45, 2.75) is 32.1 Å². The standard InChI is InChI=1S/C8H12ClF/c9-8(6-10)7-4-2-1-3-5-7/h6-7H,1-5H2/b8-6-. The van der Waals surface area contributed by atoms with Crippen LogP contribution in [-0.2, 0) is 0 Å². The number of hydrogen-bond acceptors (Lipinski definition) is 0. The molecule has 0 bridgehead atoms. The van der Waals surface area contributed by atoms with Crippen molar-refractivity contribution in [3.05, 3.63) is 11.4 Å². The first-order chi connectivity index (χ1) is 4.84. The van der Waals surface area contributed by atoms with E-state index >= 15 is 0 Å². The van der Waals surface area contributed by atoms with E-state index in [0.717, 1.165) is 12.8 Å². The highest BCUT2D eigenvalue weighted by Gasteiger charge is 2.15. The summed E-state index contributed by atoms with van der Waals surface area (Å²) in [4.78, 5) is 0. The first kappa shape index (κ1) is 8.06. The Morgan fingerprint density at radius 1 is 1.30 bits per heavy atom. The monoisotopic (exact) mass is 162 g/mol. The summed E-state index contributed by atoms with van der Waals surface area (Å²) in [5.74, 6) is 0.320. The second kappa shape index (κ2) is 3.97. The Kier molecular flexibility index (Phi) is 3.20. The first-order valence-electron chi connectivity index (χ1n) is 3.80. The van der Waals surface area contributed by atoms with Gasteiger partial charge in [-0.2, -0.15) is 0 Å². The number of hydrogen-bond donors (Lipinski definition) is 0. The molecular weight excluding hydrogens is 151 g/mol. The number of halogens is 2. The van der Waals surface area contributed by atoms with Crippen LogP contribution in [0.4, 0.5) is 4.39 Å². The number of rotatable bonds is 1. The molecule has 0 aromatic rings. The van der Waals surface area contributed by atoms with Crippen LogP contribution in [0.3, 0.4) is 0 Å². The molecule has 1 fully saturated rings. The van der Waals surface area contributed by atoms with Crippen LogP contribution in [0.1, 0.15) is 32.1 Å². The van der Waals surface area contributed by atoms with Gasteiger partial charge in [0, 0.05) is 5.03 Å². The largest absolute Gasteiger partial charge is 0.214 e. The smallest absolute Gasteiger partial charge is 0.101 e. The Morgan fingerprint density at radius 2 is 1.90 bits per heavy atom. The van der Waals surface area contributed by atoms with E-state index in [1.807, 2.05) is 0 Å². The zero-order valence-electron chi connectivity index (χ0n) is 5.95. The third kappa shape index (κ3) is 1.98. The van der Waals surface area contributed by atoms with E-state index in [2.05, 4.69) is 0 Å². The third-order valence-corrected chi connectivity index (χ3v) is 2.49. The number of allylic oxidation sites excluding steroid dienone is 1. The highest BCUT2D eigenvalue weighted by atomic mass is 35.5. The van der Waals surface area contributed by atoms with E-state index in [1.54, 1.807) is 0 Å². The minimum atomic E-state index is 0.320. The van der Waals surface area contributed by atoms with Gasteiger partial charge in [0.15, 0.2) is 0 Å². The highest BCUT2D eigenvalue weighted by Crippen LogP contribution is 2.31. The maximum absolute atomic E-state index is 11.9. The summed E-state index contributed by atoms with van der Waals surface area (Å²) < 4.78 is 11.9. The maximum atomic E-state index is 11.9. The van der Waals surface area contributed by atoms with Gasteiger partial charge < -0.3 is 0 Å². The lowest BCUT2D eigenvalue weighted by molar-refractivity contribution is 0.410. The fourth-order valence-corrected chi connectivity index (χ4v) is 1.69. The van der Waals surface area contributed by atoms with Crippen LogP contribution < -0.4 is 0 Å². The molecule has 0 aliphatic heterocycles. The quantitative estimate of drug-likeness (QED) is 0.553. The molecule has 10 heavy (non-hydrogen) atoms. The molecule has 0 atom stereocenters. The summed E-state index contributed by atoms with van der Waals surface area (Å²) >= 11 is 5.63. The maximum Gasteiger partial charge on any atom is 0.101 e. The van der Waals surface area contributed by atoms with Gasteiger partial charge in [0.05, 0.1) is 0 Å². The lowest BCUT2D eigenvalue weighted by Gasteiger charge is -2.19. The van der Waals surface area contributed by atoms with Crippen molar-refractivity contribution in [1.29, 1.82) is 0 Å². The molecule has 0 N–H and O–H groups in total. The van der Waals surface area contributed by atoms with E-state index in [-0.39, 0.29) is 0 Å². The fourth-order valence-electron chi connectivity index (χ4n) is 1.47. The Morgan fingerprint density at radius 3 is 2.40 bits per heavy atom. The van der Waals surface area contributed by atoms with Crippen LogP contribution in [0.15, 0.2) is 11.4 Å². The topological polar surface area (TPSA) is 0 Å². The van der Waals surface area contributed by atoms with E-state index in [4.69, 9.17) is 11.6 Å². The Labute approximate surface area is 66.1 Å². The van der Waals surface area contributed by atoms with Crippen LogP contribution in [0.25, 0.3) is 0 Å². The van der Waals surface area contributed by atoms with Crippen LogP contribution in [0, 0.1) is 5.92 Å². The molecule has 0 spiro atoms. The lowest BCUT2D eigenvalue weighted by atomic mass is 9.89. The van der Waals surface area contributed by atoms with Crippen molar-refractivity contribution in [3.8, 4) is 0 Å². The summed E-state index contributed by atoms with van der Waals surface area (Å²) in [6.45, 7) is 0. The molecule has 1 rings (SSSR count). The Hall–Kier alpha value is -0.0400. The van der Waals surface area contributed by atoms with Gasteiger partial charge in [-0.05, 0) is 18.8 Å². The molecule has 0 nitrogen and oxygen atoms in total. The zero-order valence-corrected chi connectivity index (χ0v) is 6.70. The average Bonchev–Trinajstić information content (AvgIpc) is 2.05. The van der Waals surface area contributed by atoms with Gasteiger partial charge in [-0.3, -0.25) is 0 Å². The van der Waals surface area contributed by atoms with Gasteiger partial charge in [-0.1, -0.05) is 30.9 Å². The Bertz CT molecular complexity index is 125. The van der Waals surface area contributed by atoms with Crippen molar-refractivity contribution in [2.75, 3.05) is 0 Å². The van der Waals surface area contributed by atoms with Crippen LogP contribution >= 0.6 is 11.6 Å². The van der Waals surface area contributed by atoms with Gasteiger partial charge >= 0.3 is 0 Å². The van der Waals surface area contributed by atoms with Gasteiger partial charge in [-0.15, -0.1) is 0 Å². The van der Waals surface area contributed by atoms with E-state index in [9.17, 15) is 4.39 Å². The predicted molar refractivity (Wildman–Crippen MR) is 41.6 cm³/mol. The molecule has 0 aromatic heterocycles. The lowest BCUT2D eigenvalue weighted by Crippen LogP contribution is -2.05. The van der Waals surface area contributed by atoms with Gasteiger partial charge in [-0.25, -0.2) is 4.39 Å². The minimum absolute atomic E-state index is 0.320. The molecule has 1 aliphatic rings. The minimum Gasteiger partial charge on any atom is -0.214 e. The van der Waals surface area contributed by atoms with Crippen molar-refractivity contribution in [3.63, 3.8) is 0 Å². The molecular formula is C8H12ClF. The summed E-state index contributed by atoms with van der Waals surface area (Å²) in [5.41, 5.74) is 0. The average molecular weight is 163 g/mol. The Balaban J connectivity index is 2.39. The fraction of sp³-hybridized carbons (Fsp3) is 0.750. The molecule has 0 saturated heterocycles. The molecule has 0 aromatic carbocycles. The molecule has 2 heteroatoms. The molecule has 0 amide bonds. The van der Waals surface area contributed by atoms with Crippen LogP contribution in [-0.4, -0.2) is 0 Å². The third-order valence-electron chi connectivity index (χ3n) is 2.10. The molecule has 0 unspecified atom stereocenters. The second-order valence-electron chi connectivity index (χ2n) is 2.83. The normalized spacial score (nSPS) is 23.2. The van der Waals surface area contributed by atoms with Crippen LogP contribution in [0.2, 0.25) is 0 Å². The molecule has 0 radical (unpaired) electrons. The predicted octanol–water partition coefficient (Wildman–Crippen LogP) is 3.62. The highest BCUT2D eigenvalue weighted by molar-refractivity contribution is 6.29. The summed E-state index contributed by atoms with van der Waals surface area (Å²) in [6.07, 6.45) is 6.37. The summed E-state index contributed by atoms with van der Waals surface area (Å²) in [7, 11) is 0. The van der Waals surface area contributed by atoms with Crippen molar-refractivity contribution in [2.24, 2.45) is 5.92 Å². The van der Waals surface area contributed by atoms with Gasteiger partial charge in [0.1, 0.15) is 6.33 Å². The summed E-state index contributed by atoms with van der Waals surface area (Å²) in [5, 5.41) is 0.416. The van der Waals surface area contributed by atoms with Gasteiger partial charge in [0.2, 0.25) is 0 Å². The van der Waals surface area contributed by atoms with E-state index < -0.39 is 0 Å². The van der Waals surface area contributed by atoms with Crippen molar-refractivity contribution in [1.82, 2.24) is 0 Å².